The number of carbonyl (C=O) groups excluding carboxylic acids is 1. The fourth-order valence-electron chi connectivity index (χ4n) is 1.61. The molecule has 102 valence electrons. The first-order valence-corrected chi connectivity index (χ1v) is 6.52. The second-order valence-electron chi connectivity index (χ2n) is 4.97. The zero-order valence-corrected chi connectivity index (χ0v) is 11.8. The molecule has 3 heteroatoms. The molecule has 0 aliphatic rings. The van der Waals surface area contributed by atoms with Crippen LogP contribution in [0.5, 0.6) is 0 Å². The first-order chi connectivity index (χ1) is 9.02. The molecule has 0 saturated heterocycles. The quantitative estimate of drug-likeness (QED) is 0.814. The lowest BCUT2D eigenvalue weighted by atomic mass is 10.1. The van der Waals surface area contributed by atoms with Crippen LogP contribution in [0.1, 0.15) is 41.8 Å². The van der Waals surface area contributed by atoms with E-state index in [0.717, 1.165) is 11.1 Å². The molecule has 1 amide bonds. The number of nitrogens with one attached hydrogen (secondary N) is 1. The summed E-state index contributed by atoms with van der Waals surface area (Å²) in [7, 11) is 0. The molecule has 0 atom stereocenters. The van der Waals surface area contributed by atoms with Gasteiger partial charge >= 0.3 is 0 Å². The average Bonchev–Trinajstić information content (AvgIpc) is 2.35. The minimum Gasteiger partial charge on any atom is -0.395 e. The average molecular weight is 259 g/mol. The Hall–Kier alpha value is -1.79. The molecular formula is C16H21NO2. The van der Waals surface area contributed by atoms with Crippen LogP contribution in [0.3, 0.4) is 0 Å². The summed E-state index contributed by atoms with van der Waals surface area (Å²) in [6, 6.07) is 5.57. The minimum absolute atomic E-state index is 0.0561. The van der Waals surface area contributed by atoms with Gasteiger partial charge in [0.25, 0.3) is 5.91 Å². The summed E-state index contributed by atoms with van der Waals surface area (Å²) in [5.41, 5.74) is 2.45. The van der Waals surface area contributed by atoms with E-state index in [2.05, 4.69) is 31.0 Å². The summed E-state index contributed by atoms with van der Waals surface area (Å²) in [6.07, 6.45) is 0.447. The van der Waals surface area contributed by atoms with E-state index in [0.29, 0.717) is 24.4 Å². The van der Waals surface area contributed by atoms with E-state index in [1.54, 1.807) is 6.07 Å². The molecule has 1 rings (SSSR count). The molecule has 0 heterocycles. The van der Waals surface area contributed by atoms with E-state index in [1.807, 2.05) is 19.1 Å². The predicted molar refractivity (Wildman–Crippen MR) is 76.9 cm³/mol. The van der Waals surface area contributed by atoms with E-state index in [1.165, 1.54) is 0 Å². The molecule has 0 radical (unpaired) electrons. The number of benzene rings is 1. The molecule has 0 aromatic heterocycles. The van der Waals surface area contributed by atoms with Crippen LogP contribution in [0.15, 0.2) is 18.2 Å². The second-order valence-corrected chi connectivity index (χ2v) is 4.97. The molecule has 0 unspecified atom stereocenters. The Morgan fingerprint density at radius 3 is 2.74 bits per heavy atom. The van der Waals surface area contributed by atoms with Gasteiger partial charge < -0.3 is 10.4 Å². The number of aliphatic hydroxyl groups is 1. The van der Waals surface area contributed by atoms with Crippen molar-refractivity contribution >= 4 is 5.91 Å². The number of carbonyl (C=O) groups is 1. The zero-order chi connectivity index (χ0) is 14.3. The van der Waals surface area contributed by atoms with Gasteiger partial charge in [0, 0.05) is 24.1 Å². The number of hydrogen-bond donors (Lipinski definition) is 2. The summed E-state index contributed by atoms with van der Waals surface area (Å²) in [5, 5.41) is 11.6. The topological polar surface area (TPSA) is 49.3 Å². The van der Waals surface area contributed by atoms with Gasteiger partial charge in [-0.2, -0.15) is 0 Å². The van der Waals surface area contributed by atoms with Gasteiger partial charge in [-0.15, -0.1) is 0 Å². The molecule has 19 heavy (non-hydrogen) atoms. The molecule has 0 saturated carbocycles. The molecular weight excluding hydrogens is 238 g/mol. The third-order valence-electron chi connectivity index (χ3n) is 2.48. The molecule has 0 aliphatic heterocycles. The van der Waals surface area contributed by atoms with Gasteiger partial charge in [-0.3, -0.25) is 4.79 Å². The first kappa shape index (κ1) is 15.3. The Bertz CT molecular complexity index is 495. The monoisotopic (exact) mass is 259 g/mol. The SMILES string of the molecule is Cc1cc(C#CCCO)cc(C(=O)NCC(C)C)c1. The van der Waals surface area contributed by atoms with Crippen LogP contribution < -0.4 is 5.32 Å². The van der Waals surface area contributed by atoms with Crippen molar-refractivity contribution in [2.24, 2.45) is 5.92 Å². The Morgan fingerprint density at radius 2 is 2.11 bits per heavy atom. The molecule has 1 aromatic rings. The lowest BCUT2D eigenvalue weighted by Gasteiger charge is -2.08. The van der Waals surface area contributed by atoms with Crippen LogP contribution in [-0.4, -0.2) is 24.2 Å². The standard InChI is InChI=1S/C16H21NO2/c1-12(2)11-17-16(19)15-9-13(3)8-14(10-15)6-4-5-7-18/h8-10,12,18H,5,7,11H2,1-3H3,(H,17,19). The van der Waals surface area contributed by atoms with Crippen molar-refractivity contribution in [3.05, 3.63) is 34.9 Å². The van der Waals surface area contributed by atoms with Crippen molar-refractivity contribution in [3.63, 3.8) is 0 Å². The van der Waals surface area contributed by atoms with E-state index < -0.39 is 0 Å². The van der Waals surface area contributed by atoms with Gasteiger partial charge in [0.1, 0.15) is 0 Å². The molecule has 0 bridgehead atoms. The van der Waals surface area contributed by atoms with Crippen molar-refractivity contribution in [3.8, 4) is 11.8 Å². The third kappa shape index (κ3) is 5.58. The number of aliphatic hydroxyl groups excluding tert-OH is 1. The molecule has 0 fully saturated rings. The molecule has 3 nitrogen and oxygen atoms in total. The normalized spacial score (nSPS) is 9.95. The summed E-state index contributed by atoms with van der Waals surface area (Å²) in [6.45, 7) is 6.78. The molecule has 0 aliphatic carbocycles. The summed E-state index contributed by atoms with van der Waals surface area (Å²) in [5.74, 6) is 6.18. The third-order valence-corrected chi connectivity index (χ3v) is 2.48. The maximum Gasteiger partial charge on any atom is 0.251 e. The fraction of sp³-hybridized carbons (Fsp3) is 0.438. The van der Waals surface area contributed by atoms with E-state index in [9.17, 15) is 4.79 Å². The minimum atomic E-state index is -0.0670. The van der Waals surface area contributed by atoms with Crippen LogP contribution in [0.4, 0.5) is 0 Å². The number of amides is 1. The van der Waals surface area contributed by atoms with Crippen molar-refractivity contribution < 1.29 is 9.90 Å². The largest absolute Gasteiger partial charge is 0.395 e. The maximum atomic E-state index is 12.0. The van der Waals surface area contributed by atoms with Crippen LogP contribution in [-0.2, 0) is 0 Å². The van der Waals surface area contributed by atoms with Gasteiger partial charge in [0.15, 0.2) is 0 Å². The Morgan fingerprint density at radius 1 is 1.37 bits per heavy atom. The van der Waals surface area contributed by atoms with E-state index in [-0.39, 0.29) is 12.5 Å². The van der Waals surface area contributed by atoms with E-state index >= 15 is 0 Å². The Kier molecular flexibility index (Phi) is 6.11. The van der Waals surface area contributed by atoms with Crippen molar-refractivity contribution in [2.45, 2.75) is 27.2 Å². The van der Waals surface area contributed by atoms with Gasteiger partial charge in [-0.1, -0.05) is 25.7 Å². The highest BCUT2D eigenvalue weighted by Crippen LogP contribution is 2.09. The Balaban J connectivity index is 2.85. The lowest BCUT2D eigenvalue weighted by Crippen LogP contribution is -2.27. The molecule has 1 aromatic carbocycles. The fourth-order valence-corrected chi connectivity index (χ4v) is 1.61. The van der Waals surface area contributed by atoms with Crippen LogP contribution in [0.2, 0.25) is 0 Å². The van der Waals surface area contributed by atoms with E-state index in [4.69, 9.17) is 5.11 Å². The van der Waals surface area contributed by atoms with Gasteiger partial charge in [0.2, 0.25) is 0 Å². The number of hydrogen-bond acceptors (Lipinski definition) is 2. The second kappa shape index (κ2) is 7.60. The smallest absolute Gasteiger partial charge is 0.251 e. The van der Waals surface area contributed by atoms with Crippen LogP contribution in [0, 0.1) is 24.7 Å². The highest BCUT2D eigenvalue weighted by Gasteiger charge is 2.07. The maximum absolute atomic E-state index is 12.0. The Labute approximate surface area is 115 Å². The van der Waals surface area contributed by atoms with Crippen LogP contribution >= 0.6 is 0 Å². The number of aryl methyl sites for hydroxylation is 1. The lowest BCUT2D eigenvalue weighted by molar-refractivity contribution is 0.0949. The van der Waals surface area contributed by atoms with Crippen molar-refractivity contribution in [1.29, 1.82) is 0 Å². The summed E-state index contributed by atoms with van der Waals surface area (Å²) < 4.78 is 0. The zero-order valence-electron chi connectivity index (χ0n) is 11.8. The van der Waals surface area contributed by atoms with Gasteiger partial charge in [-0.05, 0) is 36.6 Å². The predicted octanol–water partition coefficient (Wildman–Crippen LogP) is 2.11. The number of rotatable bonds is 4. The summed E-state index contributed by atoms with van der Waals surface area (Å²) >= 11 is 0. The van der Waals surface area contributed by atoms with Crippen molar-refractivity contribution in [1.82, 2.24) is 5.32 Å². The summed E-state index contributed by atoms with van der Waals surface area (Å²) in [4.78, 5) is 12.0. The van der Waals surface area contributed by atoms with Crippen molar-refractivity contribution in [2.75, 3.05) is 13.2 Å². The molecule has 0 spiro atoms. The highest BCUT2D eigenvalue weighted by atomic mass is 16.2. The highest BCUT2D eigenvalue weighted by molar-refractivity contribution is 5.94. The first-order valence-electron chi connectivity index (χ1n) is 6.52. The molecule has 2 N–H and O–H groups in total. The van der Waals surface area contributed by atoms with Crippen LogP contribution in [0.25, 0.3) is 0 Å². The van der Waals surface area contributed by atoms with Gasteiger partial charge in [0.05, 0.1) is 6.61 Å². The van der Waals surface area contributed by atoms with Gasteiger partial charge in [-0.25, -0.2) is 0 Å².